The standard InChI is InChI=1S/C54H38N2/c1-4-14-39(15-5-1)41-26-28-42(29-27-41)44-32-36-48(37-33-44)55(47-34-30-43(31-35-47)40-16-6-2-7-17-40)49-21-12-18-45(38-49)50-23-13-25-53-54(50)51-22-10-11-24-52(51)56(53)46-19-8-3-9-20-46/h1-38H/i32D,33D,36D,37D. The van der Waals surface area contributed by atoms with Crippen LogP contribution in [0.5, 0.6) is 0 Å². The van der Waals surface area contributed by atoms with Gasteiger partial charge in [-0.3, -0.25) is 0 Å². The van der Waals surface area contributed by atoms with E-state index in [1.165, 1.54) is 0 Å². The van der Waals surface area contributed by atoms with E-state index in [9.17, 15) is 5.48 Å². The molecule has 0 fully saturated rings. The lowest BCUT2D eigenvalue weighted by atomic mass is 9.98. The molecule has 0 radical (unpaired) electrons. The molecule has 0 aliphatic heterocycles. The molecule has 0 atom stereocenters. The van der Waals surface area contributed by atoms with Gasteiger partial charge in [0.1, 0.15) is 0 Å². The first-order chi connectivity index (χ1) is 29.5. The minimum atomic E-state index is -0.122. The zero-order chi connectivity index (χ0) is 40.7. The number of benzene rings is 9. The highest BCUT2D eigenvalue weighted by Gasteiger charge is 2.18. The van der Waals surface area contributed by atoms with E-state index in [1.54, 1.807) is 0 Å². The Morgan fingerprint density at radius 1 is 0.339 bits per heavy atom. The average molecular weight is 719 g/mol. The summed E-state index contributed by atoms with van der Waals surface area (Å²) in [6.07, 6.45) is 0. The fourth-order valence-corrected chi connectivity index (χ4v) is 7.79. The fourth-order valence-electron chi connectivity index (χ4n) is 7.79. The Labute approximate surface area is 333 Å². The van der Waals surface area contributed by atoms with E-state index in [0.29, 0.717) is 16.9 Å². The van der Waals surface area contributed by atoms with Crippen LogP contribution in [0.2, 0.25) is 0 Å². The van der Waals surface area contributed by atoms with Gasteiger partial charge in [0.2, 0.25) is 0 Å². The minimum Gasteiger partial charge on any atom is -0.310 e. The molecule has 0 saturated heterocycles. The van der Waals surface area contributed by atoms with Gasteiger partial charge in [-0.05, 0) is 105 Å². The molecule has 2 nitrogen and oxygen atoms in total. The number of hydrogen-bond donors (Lipinski definition) is 0. The summed E-state index contributed by atoms with van der Waals surface area (Å²) >= 11 is 0. The maximum atomic E-state index is 9.57. The van der Waals surface area contributed by atoms with Crippen molar-refractivity contribution in [3.8, 4) is 50.2 Å². The van der Waals surface area contributed by atoms with Gasteiger partial charge in [0.15, 0.2) is 0 Å². The Bertz CT molecular complexity index is 3130. The van der Waals surface area contributed by atoms with Gasteiger partial charge in [0.05, 0.1) is 16.5 Å². The normalized spacial score (nSPS) is 12.2. The Balaban J connectivity index is 1.15. The second kappa shape index (κ2) is 14.4. The summed E-state index contributed by atoms with van der Waals surface area (Å²) in [5.41, 5.74) is 12.0. The van der Waals surface area contributed by atoms with E-state index in [0.717, 1.165) is 60.9 Å². The maximum Gasteiger partial charge on any atom is 0.0645 e. The SMILES string of the molecule is [2H]c1c([2H])c(N(c2ccc(-c3ccccc3)cc2)c2cccc(-c3cccc4c3c3ccccc3n4-c3ccccc3)c2)c([2H])c([2H])c1-c1ccc(-c2ccccc2)cc1. The Kier molecular flexibility index (Phi) is 7.47. The fraction of sp³-hybridized carbons (Fsp3) is 0. The van der Waals surface area contributed by atoms with E-state index >= 15 is 0 Å². The third kappa shape index (κ3) is 6.14. The molecule has 1 aromatic heterocycles. The van der Waals surface area contributed by atoms with Crippen molar-refractivity contribution < 1.29 is 5.48 Å². The van der Waals surface area contributed by atoms with Crippen molar-refractivity contribution >= 4 is 38.9 Å². The second-order valence-electron chi connectivity index (χ2n) is 13.9. The van der Waals surface area contributed by atoms with Crippen molar-refractivity contribution in [3.05, 3.63) is 230 Å². The van der Waals surface area contributed by atoms with Crippen LogP contribution in [0.15, 0.2) is 230 Å². The molecule has 1 heterocycles. The summed E-state index contributed by atoms with van der Waals surface area (Å²) in [5.74, 6) is 0. The first-order valence-electron chi connectivity index (χ1n) is 20.9. The highest BCUT2D eigenvalue weighted by molar-refractivity contribution is 6.16. The molecule has 0 amide bonds. The molecule has 10 rings (SSSR count). The lowest BCUT2D eigenvalue weighted by Crippen LogP contribution is -2.10. The molecule has 0 aliphatic rings. The smallest absolute Gasteiger partial charge is 0.0645 e. The average Bonchev–Trinajstić information content (AvgIpc) is 3.66. The quantitative estimate of drug-likeness (QED) is 0.152. The van der Waals surface area contributed by atoms with E-state index in [-0.39, 0.29) is 35.4 Å². The first-order valence-corrected chi connectivity index (χ1v) is 18.9. The number of para-hydroxylation sites is 2. The van der Waals surface area contributed by atoms with Crippen LogP contribution in [-0.2, 0) is 0 Å². The minimum absolute atomic E-state index is 0.0981. The molecule has 0 bridgehead atoms. The van der Waals surface area contributed by atoms with Crippen molar-refractivity contribution in [3.63, 3.8) is 0 Å². The van der Waals surface area contributed by atoms with Crippen LogP contribution in [0.1, 0.15) is 5.48 Å². The van der Waals surface area contributed by atoms with Gasteiger partial charge in [0, 0.05) is 33.5 Å². The number of aromatic nitrogens is 1. The van der Waals surface area contributed by atoms with Gasteiger partial charge in [-0.25, -0.2) is 0 Å². The van der Waals surface area contributed by atoms with Crippen LogP contribution in [0, 0.1) is 0 Å². The molecule has 264 valence electrons. The molecule has 0 N–H and O–H groups in total. The predicted molar refractivity (Wildman–Crippen MR) is 237 cm³/mol. The monoisotopic (exact) mass is 718 g/mol. The number of anilines is 3. The molecular weight excluding hydrogens is 677 g/mol. The molecule has 0 aliphatic carbocycles. The molecule has 10 aromatic rings. The number of rotatable bonds is 8. The van der Waals surface area contributed by atoms with Crippen LogP contribution in [0.4, 0.5) is 17.1 Å². The summed E-state index contributed by atoms with van der Waals surface area (Å²) in [6, 6.07) is 69.0. The number of hydrogen-bond acceptors (Lipinski definition) is 1. The van der Waals surface area contributed by atoms with Crippen molar-refractivity contribution in [2.75, 3.05) is 4.90 Å². The Morgan fingerprint density at radius 2 is 0.839 bits per heavy atom. The first kappa shape index (κ1) is 29.0. The van der Waals surface area contributed by atoms with E-state index in [1.807, 2.05) is 120 Å². The summed E-state index contributed by atoms with van der Waals surface area (Å²) < 4.78 is 40.2. The third-order valence-electron chi connectivity index (χ3n) is 10.5. The van der Waals surface area contributed by atoms with Crippen molar-refractivity contribution in [2.45, 2.75) is 0 Å². The molecule has 0 saturated carbocycles. The van der Waals surface area contributed by atoms with Crippen LogP contribution in [0.3, 0.4) is 0 Å². The number of fused-ring (bicyclic) bond motifs is 3. The van der Waals surface area contributed by atoms with Crippen molar-refractivity contribution in [1.29, 1.82) is 0 Å². The molecule has 0 spiro atoms. The largest absolute Gasteiger partial charge is 0.310 e. The van der Waals surface area contributed by atoms with E-state index < -0.39 is 0 Å². The highest BCUT2D eigenvalue weighted by atomic mass is 15.1. The van der Waals surface area contributed by atoms with Gasteiger partial charge in [-0.15, -0.1) is 0 Å². The van der Waals surface area contributed by atoms with Gasteiger partial charge >= 0.3 is 0 Å². The van der Waals surface area contributed by atoms with E-state index in [2.05, 4.69) is 95.6 Å². The van der Waals surface area contributed by atoms with Crippen LogP contribution < -0.4 is 4.90 Å². The molecule has 2 heteroatoms. The van der Waals surface area contributed by atoms with Gasteiger partial charge < -0.3 is 9.47 Å². The zero-order valence-corrected chi connectivity index (χ0v) is 30.5. The maximum absolute atomic E-state index is 9.57. The lowest BCUT2D eigenvalue weighted by molar-refractivity contribution is 1.18. The predicted octanol–water partition coefficient (Wildman–Crippen LogP) is 14.9. The van der Waals surface area contributed by atoms with Gasteiger partial charge in [-0.2, -0.15) is 0 Å². The second-order valence-corrected chi connectivity index (χ2v) is 13.9. The van der Waals surface area contributed by atoms with E-state index in [4.69, 9.17) is 0 Å². The molecule has 9 aromatic carbocycles. The summed E-state index contributed by atoms with van der Waals surface area (Å²) in [4.78, 5) is 1.87. The Morgan fingerprint density at radius 3 is 1.50 bits per heavy atom. The summed E-state index contributed by atoms with van der Waals surface area (Å²) in [5, 5.41) is 2.26. The van der Waals surface area contributed by atoms with Gasteiger partial charge in [-0.1, -0.05) is 170 Å². The summed E-state index contributed by atoms with van der Waals surface area (Å²) in [6.45, 7) is 0. The highest BCUT2D eigenvalue weighted by Crippen LogP contribution is 2.42. The molecule has 0 unspecified atom stereocenters. The topological polar surface area (TPSA) is 8.17 Å². The van der Waals surface area contributed by atoms with Crippen LogP contribution in [0.25, 0.3) is 72.0 Å². The Hall–Kier alpha value is -7.42. The van der Waals surface area contributed by atoms with Crippen LogP contribution >= 0.6 is 0 Å². The summed E-state index contributed by atoms with van der Waals surface area (Å²) in [7, 11) is 0. The third-order valence-corrected chi connectivity index (χ3v) is 10.5. The molecular formula is C54H38N2. The van der Waals surface area contributed by atoms with Crippen molar-refractivity contribution in [1.82, 2.24) is 4.57 Å². The molecule has 56 heavy (non-hydrogen) atoms. The van der Waals surface area contributed by atoms with Crippen molar-refractivity contribution in [2.24, 2.45) is 0 Å². The zero-order valence-electron chi connectivity index (χ0n) is 34.5. The van der Waals surface area contributed by atoms with Gasteiger partial charge in [0.25, 0.3) is 0 Å². The lowest BCUT2D eigenvalue weighted by Gasteiger charge is -2.26. The van der Waals surface area contributed by atoms with Crippen LogP contribution in [-0.4, -0.2) is 4.57 Å². The number of nitrogens with zero attached hydrogens (tertiary/aromatic N) is 2.